The van der Waals surface area contributed by atoms with Gasteiger partial charge >= 0.3 is 12.0 Å². The molecule has 0 bridgehead atoms. The van der Waals surface area contributed by atoms with Crippen LogP contribution < -0.4 is 10.2 Å². The maximum absolute atomic E-state index is 14.0. The second-order valence-corrected chi connectivity index (χ2v) is 12.8. The van der Waals surface area contributed by atoms with Gasteiger partial charge in [0, 0.05) is 59.6 Å². The molecule has 1 N–H and O–H groups in total. The number of urea groups is 1. The molecule has 7 rings (SSSR count). The summed E-state index contributed by atoms with van der Waals surface area (Å²) in [6.07, 6.45) is 3.20. The first-order valence-corrected chi connectivity index (χ1v) is 16.3. The van der Waals surface area contributed by atoms with Crippen molar-refractivity contribution in [2.24, 2.45) is 4.99 Å². The van der Waals surface area contributed by atoms with E-state index in [1.807, 2.05) is 10.3 Å². The number of ketones is 1. The Morgan fingerprint density at radius 3 is 2.65 bits per heavy atom. The van der Waals surface area contributed by atoms with Gasteiger partial charge in [0.1, 0.15) is 18.2 Å². The first kappa shape index (κ1) is 31.6. The third-order valence-corrected chi connectivity index (χ3v) is 9.61. The quantitative estimate of drug-likeness (QED) is 0.216. The number of carbonyl (C=O) groups excluding carboxylic acids is 3. The zero-order valence-corrected chi connectivity index (χ0v) is 27.4. The summed E-state index contributed by atoms with van der Waals surface area (Å²) in [5.41, 5.74) is 2.57. The minimum Gasteiger partial charge on any atom is -0.466 e. The van der Waals surface area contributed by atoms with Gasteiger partial charge in [-0.25, -0.2) is 23.6 Å². The van der Waals surface area contributed by atoms with Crippen LogP contribution in [0.25, 0.3) is 5.69 Å². The lowest BCUT2D eigenvalue weighted by Gasteiger charge is -2.38. The third-order valence-electron chi connectivity index (χ3n) is 8.50. The Labute approximate surface area is 283 Å². The van der Waals surface area contributed by atoms with E-state index in [4.69, 9.17) is 21.3 Å². The van der Waals surface area contributed by atoms with Gasteiger partial charge in [0.25, 0.3) is 5.95 Å². The molecule has 0 spiro atoms. The summed E-state index contributed by atoms with van der Waals surface area (Å²) >= 11 is 7.87. The van der Waals surface area contributed by atoms with E-state index in [0.29, 0.717) is 66.1 Å². The number of amides is 2. The summed E-state index contributed by atoms with van der Waals surface area (Å²) in [5, 5.41) is 10.4. The number of nitrogens with one attached hydrogen (secondary N) is 1. The molecule has 3 aliphatic rings. The lowest BCUT2D eigenvalue weighted by Crippen LogP contribution is -2.53. The molecule has 2 atom stereocenters. The number of halogens is 2. The van der Waals surface area contributed by atoms with E-state index in [2.05, 4.69) is 25.3 Å². The molecule has 3 aliphatic heterocycles. The number of amidine groups is 1. The topological polar surface area (TPSA) is 138 Å². The summed E-state index contributed by atoms with van der Waals surface area (Å²) in [5.74, 6) is -0.394. The van der Waals surface area contributed by atoms with Crippen LogP contribution in [0.15, 0.2) is 76.6 Å². The number of Topliss-reactive ketones (excluding diaryl/α,β-unsaturated/α-hetero) is 1. The number of anilines is 1. The van der Waals surface area contributed by atoms with Crippen molar-refractivity contribution in [2.75, 3.05) is 44.7 Å². The third kappa shape index (κ3) is 5.95. The van der Waals surface area contributed by atoms with Crippen molar-refractivity contribution in [3.63, 3.8) is 0 Å². The number of rotatable bonds is 8. The number of piperazine rings is 1. The van der Waals surface area contributed by atoms with Crippen LogP contribution >= 0.6 is 22.9 Å². The van der Waals surface area contributed by atoms with E-state index in [-0.39, 0.29) is 34.4 Å². The monoisotopic (exact) mass is 689 g/mol. The number of aliphatic imine (C=N–C) groups is 1. The molecular formula is C32H29ClFN9O4S. The number of nitrogens with zero attached hydrogens (tertiary/aromatic N) is 8. The van der Waals surface area contributed by atoms with Gasteiger partial charge < -0.3 is 15.0 Å². The molecule has 2 amide bonds. The lowest BCUT2D eigenvalue weighted by atomic mass is 9.95. The number of benzene rings is 2. The SMILES string of the molecule is COC(=O)C1=C(CN2CCN3C(=O)N(c4ncn(-c5ccc(C(C)=O)cc5)n4)C[C@@H]3C2)NC(c2nccs2)=N[C@H]1c1ccc(F)cc1Cl. The highest BCUT2D eigenvalue weighted by molar-refractivity contribution is 7.11. The second-order valence-electron chi connectivity index (χ2n) is 11.5. The molecule has 4 aromatic rings. The van der Waals surface area contributed by atoms with Gasteiger partial charge in [-0.15, -0.1) is 16.4 Å². The molecular weight excluding hydrogens is 661 g/mol. The average Bonchev–Trinajstić information content (AvgIpc) is 3.85. The molecule has 2 aromatic heterocycles. The zero-order valence-electron chi connectivity index (χ0n) is 25.8. The van der Waals surface area contributed by atoms with Gasteiger partial charge in [-0.1, -0.05) is 17.7 Å². The summed E-state index contributed by atoms with van der Waals surface area (Å²) in [7, 11) is 1.30. The largest absolute Gasteiger partial charge is 0.466 e. The fourth-order valence-corrected chi connectivity index (χ4v) is 6.98. The van der Waals surface area contributed by atoms with Gasteiger partial charge in [0.05, 0.1) is 31.0 Å². The summed E-state index contributed by atoms with van der Waals surface area (Å²) in [4.78, 5) is 57.6. The van der Waals surface area contributed by atoms with Gasteiger partial charge in [-0.2, -0.15) is 4.98 Å². The molecule has 2 aromatic carbocycles. The van der Waals surface area contributed by atoms with E-state index in [1.165, 1.54) is 49.9 Å². The number of methoxy groups -OCH3 is 1. The number of carbonyl (C=O) groups is 3. The van der Waals surface area contributed by atoms with Crippen LogP contribution in [0, 0.1) is 5.82 Å². The fourth-order valence-electron chi connectivity index (χ4n) is 6.13. The summed E-state index contributed by atoms with van der Waals surface area (Å²) < 4.78 is 20.8. The molecule has 16 heteroatoms. The van der Waals surface area contributed by atoms with Crippen molar-refractivity contribution >= 4 is 52.5 Å². The van der Waals surface area contributed by atoms with Crippen LogP contribution in [0.4, 0.5) is 15.1 Å². The van der Waals surface area contributed by atoms with Crippen molar-refractivity contribution in [2.45, 2.75) is 19.0 Å². The standard InChI is InChI=1S/C32H29ClFN9O4S/c1-18(44)19-3-6-21(7-4-19)43-17-36-31(39-43)42-15-22-14-40(10-11-41(22)32(42)46)16-25-26(30(45)47-2)27(23-8-5-20(34)13-24(23)33)38-28(37-25)29-35-9-12-48-29/h3-9,12-13,17,22,27H,10-11,14-16H2,1-2H3,(H,37,38)/t22-,27-/m0/s1. The number of aromatic nitrogens is 4. The number of ether oxygens (including phenoxy) is 1. The first-order chi connectivity index (χ1) is 23.2. The molecule has 2 fully saturated rings. The smallest absolute Gasteiger partial charge is 0.338 e. The van der Waals surface area contributed by atoms with Crippen LogP contribution in [0.1, 0.15) is 33.9 Å². The lowest BCUT2D eigenvalue weighted by molar-refractivity contribution is -0.136. The van der Waals surface area contributed by atoms with Crippen LogP contribution in [0.2, 0.25) is 5.02 Å². The minimum absolute atomic E-state index is 0.0311. The van der Waals surface area contributed by atoms with Crippen molar-refractivity contribution < 1.29 is 23.5 Å². The molecule has 5 heterocycles. The van der Waals surface area contributed by atoms with E-state index < -0.39 is 17.8 Å². The van der Waals surface area contributed by atoms with Gasteiger partial charge in [-0.3, -0.25) is 19.6 Å². The highest BCUT2D eigenvalue weighted by Crippen LogP contribution is 2.37. The maximum atomic E-state index is 14.0. The Bertz CT molecular complexity index is 1960. The Morgan fingerprint density at radius 1 is 1.12 bits per heavy atom. The number of fused-ring (bicyclic) bond motifs is 1. The molecule has 0 saturated carbocycles. The molecule has 0 radical (unpaired) electrons. The number of hydrogen-bond donors (Lipinski definition) is 1. The molecule has 48 heavy (non-hydrogen) atoms. The van der Waals surface area contributed by atoms with Crippen LogP contribution in [0.3, 0.4) is 0 Å². The molecule has 13 nitrogen and oxygen atoms in total. The fraction of sp³-hybridized carbons (Fsp3) is 0.281. The maximum Gasteiger partial charge on any atom is 0.338 e. The Hall–Kier alpha value is -4.99. The van der Waals surface area contributed by atoms with Crippen LogP contribution in [-0.2, 0) is 9.53 Å². The van der Waals surface area contributed by atoms with Gasteiger partial charge in [0.15, 0.2) is 16.6 Å². The zero-order chi connectivity index (χ0) is 33.5. The van der Waals surface area contributed by atoms with Crippen LogP contribution in [0.5, 0.6) is 0 Å². The van der Waals surface area contributed by atoms with Crippen molar-refractivity contribution in [1.29, 1.82) is 0 Å². The van der Waals surface area contributed by atoms with Crippen molar-refractivity contribution in [3.8, 4) is 5.69 Å². The summed E-state index contributed by atoms with van der Waals surface area (Å²) in [6.45, 7) is 3.69. The number of esters is 1. The Balaban J connectivity index is 1.13. The molecule has 2 saturated heterocycles. The van der Waals surface area contributed by atoms with E-state index in [9.17, 15) is 18.8 Å². The first-order valence-electron chi connectivity index (χ1n) is 15.0. The normalized spacial score (nSPS) is 19.7. The molecule has 0 aliphatic carbocycles. The Kier molecular flexibility index (Phi) is 8.49. The van der Waals surface area contributed by atoms with Crippen LogP contribution in [-0.4, -0.2) is 99.0 Å². The number of hydrogen-bond acceptors (Lipinski definition) is 11. The highest BCUT2D eigenvalue weighted by Gasteiger charge is 2.43. The van der Waals surface area contributed by atoms with Crippen molar-refractivity contribution in [3.05, 3.63) is 98.6 Å². The predicted molar refractivity (Wildman–Crippen MR) is 176 cm³/mol. The molecule has 246 valence electrons. The van der Waals surface area contributed by atoms with E-state index in [1.54, 1.807) is 40.0 Å². The second kappa shape index (κ2) is 12.9. The van der Waals surface area contributed by atoms with E-state index in [0.717, 1.165) is 0 Å². The van der Waals surface area contributed by atoms with Crippen molar-refractivity contribution in [1.82, 2.24) is 34.9 Å². The highest BCUT2D eigenvalue weighted by atomic mass is 35.5. The number of thiazole rings is 1. The van der Waals surface area contributed by atoms with E-state index >= 15 is 0 Å². The average molecular weight is 690 g/mol. The van der Waals surface area contributed by atoms with Gasteiger partial charge in [-0.05, 0) is 43.3 Å². The van der Waals surface area contributed by atoms with Gasteiger partial charge in [0.2, 0.25) is 0 Å². The predicted octanol–water partition coefficient (Wildman–Crippen LogP) is 3.86. The molecule has 0 unspecified atom stereocenters. The Morgan fingerprint density at radius 2 is 1.94 bits per heavy atom. The minimum atomic E-state index is -0.870. The summed E-state index contributed by atoms with van der Waals surface area (Å²) in [6, 6.07) is 9.77.